The lowest BCUT2D eigenvalue weighted by Crippen LogP contribution is -2.15. The maximum atomic E-state index is 12.0. The minimum Gasteiger partial charge on any atom is -0.323 e. The van der Waals surface area contributed by atoms with Crippen LogP contribution in [-0.4, -0.2) is 26.4 Å². The average molecular weight is 359 g/mol. The van der Waals surface area contributed by atoms with Crippen molar-refractivity contribution >= 4 is 46.6 Å². The second-order valence-electron chi connectivity index (χ2n) is 4.99. The average Bonchev–Trinajstić information content (AvgIpc) is 2.82. The minimum absolute atomic E-state index is 0.200. The predicted molar refractivity (Wildman–Crippen MR) is 90.9 cm³/mol. The van der Waals surface area contributed by atoms with E-state index in [4.69, 9.17) is 23.2 Å². The summed E-state index contributed by atoms with van der Waals surface area (Å²) in [4.78, 5) is 12.0. The highest BCUT2D eigenvalue weighted by Gasteiger charge is 2.15. The molecule has 0 radical (unpaired) electrons. The van der Waals surface area contributed by atoms with E-state index in [0.29, 0.717) is 20.9 Å². The van der Waals surface area contributed by atoms with Crippen LogP contribution in [0.4, 0.5) is 5.69 Å². The van der Waals surface area contributed by atoms with Gasteiger partial charge in [0.25, 0.3) is 0 Å². The molecule has 0 fully saturated rings. The maximum absolute atomic E-state index is 12.0. The molecule has 0 saturated carbocycles. The number of halogens is 2. The van der Waals surface area contributed by atoms with Gasteiger partial charge in [-0.05, 0) is 12.1 Å². The zero-order valence-electron chi connectivity index (χ0n) is 12.4. The molecule has 1 heterocycles. The summed E-state index contributed by atoms with van der Waals surface area (Å²) in [5.41, 5.74) is 0.428. The van der Waals surface area contributed by atoms with E-state index in [2.05, 4.69) is 15.5 Å². The fourth-order valence-electron chi connectivity index (χ4n) is 1.88. The fourth-order valence-corrected chi connectivity index (χ4v) is 3.09. The molecule has 0 aliphatic carbocycles. The summed E-state index contributed by atoms with van der Waals surface area (Å²) in [5.74, 6) is 1.17. The molecule has 1 aromatic heterocycles. The predicted octanol–water partition coefficient (Wildman–Crippen LogP) is 3.98. The molecule has 1 amide bonds. The summed E-state index contributed by atoms with van der Waals surface area (Å²) < 4.78 is 1.89. The number of rotatable bonds is 5. The highest BCUT2D eigenvalue weighted by molar-refractivity contribution is 7.99. The Morgan fingerprint density at radius 2 is 1.95 bits per heavy atom. The van der Waals surface area contributed by atoms with Crippen molar-refractivity contribution in [3.05, 3.63) is 34.1 Å². The van der Waals surface area contributed by atoms with Gasteiger partial charge in [-0.15, -0.1) is 10.2 Å². The summed E-state index contributed by atoms with van der Waals surface area (Å²) in [6.07, 6.45) is 0. The second kappa shape index (κ2) is 7.35. The fraction of sp³-hybridized carbons (Fsp3) is 0.357. The Morgan fingerprint density at radius 1 is 1.32 bits per heavy atom. The molecule has 2 rings (SSSR count). The summed E-state index contributed by atoms with van der Waals surface area (Å²) in [6.45, 7) is 4.09. The Balaban J connectivity index is 1.99. The Hall–Kier alpha value is -1.24. The van der Waals surface area contributed by atoms with Crippen LogP contribution in [0.2, 0.25) is 10.0 Å². The number of carbonyl (C=O) groups excluding carboxylic acids is 1. The number of nitrogens with one attached hydrogen (secondary N) is 1. The molecule has 0 aliphatic rings. The van der Waals surface area contributed by atoms with Crippen LogP contribution in [0, 0.1) is 0 Å². The quantitative estimate of drug-likeness (QED) is 0.821. The Morgan fingerprint density at radius 3 is 2.50 bits per heavy atom. The largest absolute Gasteiger partial charge is 0.323 e. The first kappa shape index (κ1) is 17.1. The van der Waals surface area contributed by atoms with Gasteiger partial charge < -0.3 is 9.88 Å². The van der Waals surface area contributed by atoms with Gasteiger partial charge in [0, 0.05) is 13.0 Å². The molecule has 0 spiro atoms. The lowest BCUT2D eigenvalue weighted by Gasteiger charge is -2.09. The number of para-hydroxylation sites is 1. The zero-order valence-corrected chi connectivity index (χ0v) is 14.8. The highest BCUT2D eigenvalue weighted by atomic mass is 35.5. The number of nitrogens with zero attached hydrogens (tertiary/aromatic N) is 3. The molecule has 118 valence electrons. The van der Waals surface area contributed by atoms with Crippen molar-refractivity contribution in [3.8, 4) is 0 Å². The first-order valence-electron chi connectivity index (χ1n) is 6.66. The normalized spacial score (nSPS) is 11.0. The lowest BCUT2D eigenvalue weighted by atomic mass is 10.2. The van der Waals surface area contributed by atoms with Crippen LogP contribution < -0.4 is 5.32 Å². The van der Waals surface area contributed by atoms with E-state index in [1.165, 1.54) is 11.8 Å². The van der Waals surface area contributed by atoms with Crippen molar-refractivity contribution in [2.24, 2.45) is 7.05 Å². The topological polar surface area (TPSA) is 59.8 Å². The molecule has 8 heteroatoms. The number of aromatic nitrogens is 3. The third-order valence-corrected chi connectivity index (χ3v) is 4.59. The molecule has 0 atom stereocenters. The Bertz CT molecular complexity index is 667. The van der Waals surface area contributed by atoms with E-state index in [0.717, 1.165) is 5.82 Å². The van der Waals surface area contributed by atoms with E-state index in [1.807, 2.05) is 25.5 Å². The summed E-state index contributed by atoms with van der Waals surface area (Å²) in [6, 6.07) is 5.07. The molecular weight excluding hydrogens is 343 g/mol. The smallest absolute Gasteiger partial charge is 0.234 e. The van der Waals surface area contributed by atoms with E-state index in [-0.39, 0.29) is 17.6 Å². The van der Waals surface area contributed by atoms with Crippen LogP contribution in [0.3, 0.4) is 0 Å². The number of thioether (sulfide) groups is 1. The molecule has 0 unspecified atom stereocenters. The van der Waals surface area contributed by atoms with Gasteiger partial charge in [0.05, 0.1) is 21.5 Å². The zero-order chi connectivity index (χ0) is 16.3. The number of benzene rings is 1. The third kappa shape index (κ3) is 3.94. The molecule has 22 heavy (non-hydrogen) atoms. The molecule has 0 bridgehead atoms. The van der Waals surface area contributed by atoms with Gasteiger partial charge in [-0.3, -0.25) is 4.79 Å². The van der Waals surface area contributed by atoms with Gasteiger partial charge in [-0.1, -0.05) is 54.9 Å². The maximum Gasteiger partial charge on any atom is 0.234 e. The molecule has 0 saturated heterocycles. The number of hydrogen-bond donors (Lipinski definition) is 1. The summed E-state index contributed by atoms with van der Waals surface area (Å²) in [7, 11) is 1.89. The Labute approximate surface area is 143 Å². The Kier molecular flexibility index (Phi) is 5.72. The monoisotopic (exact) mass is 358 g/mol. The van der Waals surface area contributed by atoms with E-state index in [9.17, 15) is 4.79 Å². The first-order valence-corrected chi connectivity index (χ1v) is 8.40. The molecule has 2 aromatic rings. The van der Waals surface area contributed by atoms with Gasteiger partial charge in [-0.2, -0.15) is 0 Å². The standard InChI is InChI=1S/C14H16Cl2N4OS/c1-8(2)13-18-19-14(20(13)3)22-7-11(21)17-12-9(15)5-4-6-10(12)16/h4-6,8H,7H2,1-3H3,(H,17,21). The number of amides is 1. The van der Waals surface area contributed by atoms with Gasteiger partial charge in [0.15, 0.2) is 5.16 Å². The third-order valence-electron chi connectivity index (χ3n) is 2.94. The van der Waals surface area contributed by atoms with Crippen molar-refractivity contribution in [2.75, 3.05) is 11.1 Å². The van der Waals surface area contributed by atoms with E-state index in [1.54, 1.807) is 18.2 Å². The molecular formula is C14H16Cl2N4OS. The van der Waals surface area contributed by atoms with Crippen molar-refractivity contribution in [1.29, 1.82) is 0 Å². The van der Waals surface area contributed by atoms with Crippen molar-refractivity contribution in [1.82, 2.24) is 14.8 Å². The minimum atomic E-state index is -0.200. The first-order chi connectivity index (χ1) is 10.4. The van der Waals surface area contributed by atoms with Crippen LogP contribution in [0.1, 0.15) is 25.6 Å². The molecule has 0 aliphatic heterocycles. The van der Waals surface area contributed by atoms with E-state index >= 15 is 0 Å². The number of carbonyl (C=O) groups is 1. The molecule has 5 nitrogen and oxygen atoms in total. The van der Waals surface area contributed by atoms with Gasteiger partial charge >= 0.3 is 0 Å². The van der Waals surface area contributed by atoms with Crippen molar-refractivity contribution in [3.63, 3.8) is 0 Å². The summed E-state index contributed by atoms with van der Waals surface area (Å²) >= 11 is 13.4. The van der Waals surface area contributed by atoms with Gasteiger partial charge in [0.2, 0.25) is 5.91 Å². The molecule has 1 aromatic carbocycles. The molecule has 1 N–H and O–H groups in total. The van der Waals surface area contributed by atoms with Crippen LogP contribution >= 0.6 is 35.0 Å². The van der Waals surface area contributed by atoms with Crippen LogP contribution in [0.5, 0.6) is 0 Å². The summed E-state index contributed by atoms with van der Waals surface area (Å²) in [5, 5.41) is 12.5. The van der Waals surface area contributed by atoms with Gasteiger partial charge in [0.1, 0.15) is 5.82 Å². The van der Waals surface area contributed by atoms with E-state index < -0.39 is 0 Å². The van der Waals surface area contributed by atoms with Crippen LogP contribution in [-0.2, 0) is 11.8 Å². The van der Waals surface area contributed by atoms with Crippen LogP contribution in [0.25, 0.3) is 0 Å². The number of anilines is 1. The highest BCUT2D eigenvalue weighted by Crippen LogP contribution is 2.30. The SMILES string of the molecule is CC(C)c1nnc(SCC(=O)Nc2c(Cl)cccc2Cl)n1C. The lowest BCUT2D eigenvalue weighted by molar-refractivity contribution is -0.113. The van der Waals surface area contributed by atoms with Crippen LogP contribution in [0.15, 0.2) is 23.4 Å². The van der Waals surface area contributed by atoms with Crippen molar-refractivity contribution < 1.29 is 4.79 Å². The number of hydrogen-bond acceptors (Lipinski definition) is 4. The van der Waals surface area contributed by atoms with Gasteiger partial charge in [-0.25, -0.2) is 0 Å². The van der Waals surface area contributed by atoms with Crippen molar-refractivity contribution in [2.45, 2.75) is 24.9 Å². The second-order valence-corrected chi connectivity index (χ2v) is 6.74.